The van der Waals surface area contributed by atoms with Crippen molar-refractivity contribution < 1.29 is 9.53 Å². The van der Waals surface area contributed by atoms with Crippen LogP contribution in [-0.4, -0.2) is 69.7 Å². The highest BCUT2D eigenvalue weighted by Gasteiger charge is 2.21. The minimum atomic E-state index is 0.211. The Morgan fingerprint density at radius 3 is 2.59 bits per heavy atom. The summed E-state index contributed by atoms with van der Waals surface area (Å²) in [6.45, 7) is 5.34. The van der Waals surface area contributed by atoms with Crippen molar-refractivity contribution in [2.45, 2.75) is 19.4 Å². The van der Waals surface area contributed by atoms with Gasteiger partial charge in [-0.3, -0.25) is 4.79 Å². The topological polar surface area (TPSA) is 114 Å². The van der Waals surface area contributed by atoms with E-state index in [2.05, 4.69) is 39.5 Å². The normalized spacial score (nSPS) is 16.1. The molecule has 10 nitrogen and oxygen atoms in total. The van der Waals surface area contributed by atoms with Crippen molar-refractivity contribution in [2.75, 3.05) is 55.3 Å². The number of amides is 1. The van der Waals surface area contributed by atoms with Gasteiger partial charge in [-0.1, -0.05) is 12.1 Å². The van der Waals surface area contributed by atoms with Gasteiger partial charge in [-0.15, -0.1) is 0 Å². The maximum atomic E-state index is 12.1. The van der Waals surface area contributed by atoms with E-state index in [0.29, 0.717) is 48.0 Å². The predicted octanol–water partition coefficient (Wildman–Crippen LogP) is 3.28. The number of carbonyl (C=O) groups is 1. The van der Waals surface area contributed by atoms with E-state index in [9.17, 15) is 4.79 Å². The van der Waals surface area contributed by atoms with Crippen LogP contribution in [0, 0.1) is 0 Å². The molecule has 2 aliphatic heterocycles. The molecule has 0 radical (unpaired) electrons. The Bertz CT molecular complexity index is 1410. The van der Waals surface area contributed by atoms with Gasteiger partial charge >= 0.3 is 0 Å². The van der Waals surface area contributed by atoms with E-state index < -0.39 is 0 Å². The fourth-order valence-corrected chi connectivity index (χ4v) is 4.88. The molecule has 3 N–H and O–H groups in total. The van der Waals surface area contributed by atoms with Crippen LogP contribution in [0.15, 0.2) is 54.9 Å². The van der Waals surface area contributed by atoms with Crippen molar-refractivity contribution in [3.8, 4) is 11.4 Å². The Morgan fingerprint density at radius 1 is 1.00 bits per heavy atom. The Kier molecular flexibility index (Phi) is 6.32. The van der Waals surface area contributed by atoms with Crippen LogP contribution in [0.25, 0.3) is 22.6 Å². The highest BCUT2D eigenvalue weighted by Crippen LogP contribution is 2.28. The molecule has 37 heavy (non-hydrogen) atoms. The van der Waals surface area contributed by atoms with Gasteiger partial charge in [0.15, 0.2) is 22.8 Å². The summed E-state index contributed by atoms with van der Waals surface area (Å²) in [6.07, 6.45) is 3.32. The van der Waals surface area contributed by atoms with Gasteiger partial charge in [-0.2, -0.15) is 0 Å². The second kappa shape index (κ2) is 10.1. The molecule has 0 unspecified atom stereocenters. The number of hydrogen-bond donors (Lipinski definition) is 2. The summed E-state index contributed by atoms with van der Waals surface area (Å²) in [5, 5.41) is 3.45. The van der Waals surface area contributed by atoms with Crippen LogP contribution in [0.2, 0.25) is 0 Å². The minimum absolute atomic E-state index is 0.211. The van der Waals surface area contributed by atoms with Crippen LogP contribution in [0.4, 0.5) is 22.9 Å². The molecular formula is C27H30N8O2. The number of hydrogen-bond acceptors (Lipinski definition) is 8. The number of nitrogen functional groups attached to an aromatic ring is 1. The molecule has 4 heterocycles. The molecular weight excluding hydrogens is 468 g/mol. The molecule has 2 fully saturated rings. The first-order chi connectivity index (χ1) is 18.1. The molecule has 2 aliphatic rings. The third-order valence-electron chi connectivity index (χ3n) is 6.90. The summed E-state index contributed by atoms with van der Waals surface area (Å²) >= 11 is 0. The summed E-state index contributed by atoms with van der Waals surface area (Å²) in [4.78, 5) is 30.7. The van der Waals surface area contributed by atoms with Gasteiger partial charge in [0.2, 0.25) is 5.91 Å². The lowest BCUT2D eigenvalue weighted by molar-refractivity contribution is -0.127. The number of ether oxygens (including phenoxy) is 1. The van der Waals surface area contributed by atoms with Crippen molar-refractivity contribution in [2.24, 2.45) is 0 Å². The zero-order chi connectivity index (χ0) is 25.2. The molecule has 0 saturated carbocycles. The fraction of sp³-hybridized carbons (Fsp3) is 0.333. The van der Waals surface area contributed by atoms with Crippen LogP contribution in [0.5, 0.6) is 0 Å². The minimum Gasteiger partial charge on any atom is -0.399 e. The monoisotopic (exact) mass is 498 g/mol. The van der Waals surface area contributed by atoms with E-state index in [1.54, 1.807) is 6.33 Å². The smallest absolute Gasteiger partial charge is 0.222 e. The number of likely N-dealkylation sites (tertiary alicyclic amines) is 1. The number of fused-ring (bicyclic) bond motifs is 1. The average Bonchev–Trinajstić information content (AvgIpc) is 3.54. The highest BCUT2D eigenvalue weighted by molar-refractivity contribution is 5.87. The Labute approximate surface area is 215 Å². The second-order valence-corrected chi connectivity index (χ2v) is 9.39. The molecule has 0 aliphatic carbocycles. The van der Waals surface area contributed by atoms with E-state index in [-0.39, 0.29) is 5.91 Å². The van der Waals surface area contributed by atoms with Gasteiger partial charge in [0.05, 0.1) is 19.5 Å². The number of carbonyl (C=O) groups excluding carboxylic acids is 1. The van der Waals surface area contributed by atoms with Gasteiger partial charge in [0.1, 0.15) is 0 Å². The molecule has 2 aromatic carbocycles. The van der Waals surface area contributed by atoms with Crippen molar-refractivity contribution in [1.82, 2.24) is 24.4 Å². The number of benzene rings is 2. The maximum Gasteiger partial charge on any atom is 0.222 e. The first-order valence-electron chi connectivity index (χ1n) is 12.7. The lowest BCUT2D eigenvalue weighted by Gasteiger charge is -2.28. The first-order valence-corrected chi connectivity index (χ1v) is 12.7. The number of aromatic nitrogens is 4. The van der Waals surface area contributed by atoms with E-state index in [1.165, 1.54) is 5.69 Å². The maximum absolute atomic E-state index is 12.1. The zero-order valence-corrected chi connectivity index (χ0v) is 20.6. The highest BCUT2D eigenvalue weighted by atomic mass is 16.5. The van der Waals surface area contributed by atoms with Gasteiger partial charge in [0, 0.05) is 61.8 Å². The van der Waals surface area contributed by atoms with Gasteiger partial charge in [-0.25, -0.2) is 15.0 Å². The first kappa shape index (κ1) is 23.2. The molecule has 0 spiro atoms. The van der Waals surface area contributed by atoms with Gasteiger partial charge in [-0.05, 0) is 42.8 Å². The number of nitrogens with zero attached hydrogens (tertiary/aromatic N) is 6. The predicted molar refractivity (Wildman–Crippen MR) is 144 cm³/mol. The molecule has 10 heteroatoms. The summed E-state index contributed by atoms with van der Waals surface area (Å²) in [5.41, 5.74) is 11.0. The van der Waals surface area contributed by atoms with Crippen LogP contribution in [0.1, 0.15) is 12.8 Å². The van der Waals surface area contributed by atoms with Crippen LogP contribution in [-0.2, 0) is 16.1 Å². The average molecular weight is 499 g/mol. The van der Waals surface area contributed by atoms with Crippen molar-refractivity contribution in [3.63, 3.8) is 0 Å². The standard InChI is InChI=1S/C27H30N8O2/c28-20-4-1-3-19(17-20)25-31-26(30-21-6-8-22(9-7-21)33-13-15-37-16-14-33)24-27(32-25)35(18-29-24)12-11-34-10-2-5-23(34)36/h1,3-4,6-9,17-18H,2,5,10-16,28H2,(H,30,31,32). The molecule has 0 atom stereocenters. The quantitative estimate of drug-likeness (QED) is 0.373. The number of nitrogens with one attached hydrogen (secondary N) is 1. The van der Waals surface area contributed by atoms with E-state index in [0.717, 1.165) is 50.5 Å². The van der Waals surface area contributed by atoms with E-state index >= 15 is 0 Å². The van der Waals surface area contributed by atoms with Crippen molar-refractivity contribution in [1.29, 1.82) is 0 Å². The summed E-state index contributed by atoms with van der Waals surface area (Å²) < 4.78 is 7.46. The fourth-order valence-electron chi connectivity index (χ4n) is 4.88. The summed E-state index contributed by atoms with van der Waals surface area (Å²) in [6, 6.07) is 15.9. The largest absolute Gasteiger partial charge is 0.399 e. The van der Waals surface area contributed by atoms with Crippen LogP contribution in [0.3, 0.4) is 0 Å². The van der Waals surface area contributed by atoms with Gasteiger partial charge < -0.3 is 30.2 Å². The summed E-state index contributed by atoms with van der Waals surface area (Å²) in [7, 11) is 0. The summed E-state index contributed by atoms with van der Waals surface area (Å²) in [5.74, 6) is 1.39. The number of anilines is 4. The van der Waals surface area contributed by atoms with Crippen molar-refractivity contribution >= 4 is 40.0 Å². The third-order valence-corrected chi connectivity index (χ3v) is 6.90. The Hall–Kier alpha value is -4.18. The molecule has 2 saturated heterocycles. The molecule has 0 bridgehead atoms. The number of nitrogens with two attached hydrogens (primary N) is 1. The molecule has 190 valence electrons. The van der Waals surface area contributed by atoms with Crippen molar-refractivity contribution in [3.05, 3.63) is 54.9 Å². The lowest BCUT2D eigenvalue weighted by Crippen LogP contribution is -2.36. The number of morpholine rings is 1. The van der Waals surface area contributed by atoms with E-state index in [1.807, 2.05) is 33.7 Å². The van der Waals surface area contributed by atoms with Crippen LogP contribution < -0.4 is 16.0 Å². The second-order valence-electron chi connectivity index (χ2n) is 9.39. The number of rotatable bonds is 7. The Morgan fingerprint density at radius 2 is 1.84 bits per heavy atom. The van der Waals surface area contributed by atoms with Crippen LogP contribution >= 0.6 is 0 Å². The zero-order valence-electron chi connectivity index (χ0n) is 20.6. The third kappa shape index (κ3) is 4.92. The lowest BCUT2D eigenvalue weighted by atomic mass is 10.2. The number of imidazole rings is 1. The molecule has 1 amide bonds. The van der Waals surface area contributed by atoms with Gasteiger partial charge in [0.25, 0.3) is 0 Å². The molecule has 6 rings (SSSR count). The van der Waals surface area contributed by atoms with E-state index in [4.69, 9.17) is 20.4 Å². The molecule has 2 aromatic heterocycles. The molecule has 4 aromatic rings. The SMILES string of the molecule is Nc1cccc(-c2nc(Nc3ccc(N4CCOCC4)cc3)c3ncn(CCN4CCCC4=O)c3n2)c1. The Balaban J connectivity index is 1.32.